The number of carbonyl (C=O) groups is 1. The predicted octanol–water partition coefficient (Wildman–Crippen LogP) is 4.72. The van der Waals surface area contributed by atoms with E-state index in [2.05, 4.69) is 4.98 Å². The van der Waals surface area contributed by atoms with E-state index < -0.39 is 45.1 Å². The number of carbonyl (C=O) groups excluding carboxylic acids is 1. The van der Waals surface area contributed by atoms with Gasteiger partial charge in [-0.2, -0.15) is 13.2 Å². The molecule has 3 rings (SSSR count). The molecule has 1 atom stereocenters. The number of amides is 1. The van der Waals surface area contributed by atoms with Gasteiger partial charge in [0.2, 0.25) is 10.0 Å². The van der Waals surface area contributed by atoms with Gasteiger partial charge in [-0.3, -0.25) is 9.78 Å². The molecule has 3 aromatic rings. The number of alkyl halides is 3. The normalized spacial score (nSPS) is 12.6. The minimum atomic E-state index is -4.85. The third-order valence-corrected chi connectivity index (χ3v) is 4.84. The quantitative estimate of drug-likeness (QED) is 0.526. The molecule has 11 heteroatoms. The summed E-state index contributed by atoms with van der Waals surface area (Å²) in [6, 6.07) is 14.7. The number of halogens is 3. The van der Waals surface area contributed by atoms with E-state index in [1.807, 2.05) is 6.07 Å². The fraction of sp³-hybridized carbons (Fsp3) is 0.182. The van der Waals surface area contributed by atoms with Crippen LogP contribution in [-0.4, -0.2) is 25.6 Å². The molecule has 174 valence electrons. The first-order valence-electron chi connectivity index (χ1n) is 9.51. The molecule has 0 saturated carbocycles. The van der Waals surface area contributed by atoms with Crippen LogP contribution in [0.15, 0.2) is 66.9 Å². The van der Waals surface area contributed by atoms with Gasteiger partial charge in [0.15, 0.2) is 0 Å². The van der Waals surface area contributed by atoms with Crippen LogP contribution in [0.5, 0.6) is 17.2 Å². The molecule has 1 N–H and O–H groups in total. The first kappa shape index (κ1) is 24.1. The summed E-state index contributed by atoms with van der Waals surface area (Å²) in [5.74, 6) is -0.670. The van der Waals surface area contributed by atoms with Gasteiger partial charge in [-0.15, -0.1) is 0 Å². The lowest BCUT2D eigenvalue weighted by atomic mass is 10.1. The topological polar surface area (TPSA) is 94.6 Å². The van der Waals surface area contributed by atoms with Crippen molar-refractivity contribution in [3.8, 4) is 17.2 Å². The Balaban J connectivity index is 1.79. The average Bonchev–Trinajstić information content (AvgIpc) is 2.73. The summed E-state index contributed by atoms with van der Waals surface area (Å²) in [6.45, 7) is 1.52. The number of ether oxygens (including phenoxy) is 2. The minimum absolute atomic E-state index is 0.349. The second-order valence-electron chi connectivity index (χ2n) is 7.01. The molecule has 0 radical (unpaired) electrons. The Morgan fingerprint density at radius 3 is 2.30 bits per heavy atom. The summed E-state index contributed by atoms with van der Waals surface area (Å²) in [4.78, 5) is 16.1. The number of para-hydroxylation sites is 1. The maximum atomic E-state index is 13.6. The van der Waals surface area contributed by atoms with Gasteiger partial charge in [0.05, 0.1) is 23.7 Å². The molecule has 2 aromatic carbocycles. The van der Waals surface area contributed by atoms with Gasteiger partial charge in [0.1, 0.15) is 23.4 Å². The molecule has 33 heavy (non-hydrogen) atoms. The van der Waals surface area contributed by atoms with Crippen LogP contribution >= 0.6 is 0 Å². The lowest BCUT2D eigenvalue weighted by Crippen LogP contribution is -2.29. The molecule has 0 aliphatic heterocycles. The monoisotopic (exact) mass is 480 g/mol. The van der Waals surface area contributed by atoms with Crippen molar-refractivity contribution < 1.29 is 35.9 Å². The molecule has 1 aromatic heterocycles. The van der Waals surface area contributed by atoms with Crippen molar-refractivity contribution in [2.24, 2.45) is 0 Å². The van der Waals surface area contributed by atoms with Crippen LogP contribution in [0, 0.1) is 0 Å². The molecule has 0 spiro atoms. The van der Waals surface area contributed by atoms with Gasteiger partial charge in [0, 0.05) is 5.56 Å². The number of sulfonamides is 1. The first-order chi connectivity index (χ1) is 15.4. The largest absolute Gasteiger partial charge is 0.484 e. The van der Waals surface area contributed by atoms with Crippen LogP contribution in [0.25, 0.3) is 0 Å². The first-order valence-corrected chi connectivity index (χ1v) is 11.4. The van der Waals surface area contributed by atoms with Crippen molar-refractivity contribution in [2.75, 3.05) is 6.26 Å². The van der Waals surface area contributed by atoms with E-state index in [0.717, 1.165) is 18.4 Å². The zero-order chi connectivity index (χ0) is 24.2. The van der Waals surface area contributed by atoms with E-state index >= 15 is 0 Å². The molecule has 1 amide bonds. The Kier molecular flexibility index (Phi) is 6.92. The summed E-state index contributed by atoms with van der Waals surface area (Å²) < 4.78 is 75.9. The highest BCUT2D eigenvalue weighted by molar-refractivity contribution is 7.89. The number of aromatic nitrogens is 1. The summed E-state index contributed by atoms with van der Waals surface area (Å²) in [5.41, 5.74) is -1.35. The third-order valence-electron chi connectivity index (χ3n) is 4.28. The Bertz CT molecular complexity index is 1230. The standard InChI is InChI=1S/C22H19F3N2O5S/c1-14(19-10-9-17(13-26-19)32-16-6-4-3-5-7-16)31-20-11-8-15(12-18(20)22(23,24)25)21(28)27-33(2,29)30/h3-14H,1-2H3,(H,27,28). The van der Waals surface area contributed by atoms with E-state index in [1.54, 1.807) is 41.1 Å². The molecule has 0 bridgehead atoms. The van der Waals surface area contributed by atoms with Crippen LogP contribution in [0.4, 0.5) is 13.2 Å². The van der Waals surface area contributed by atoms with Crippen LogP contribution < -0.4 is 14.2 Å². The highest BCUT2D eigenvalue weighted by atomic mass is 32.2. The lowest BCUT2D eigenvalue weighted by molar-refractivity contribution is -0.139. The van der Waals surface area contributed by atoms with Gasteiger partial charge in [0.25, 0.3) is 5.91 Å². The molecule has 0 fully saturated rings. The number of nitrogens with zero attached hydrogens (tertiary/aromatic N) is 1. The fourth-order valence-corrected chi connectivity index (χ4v) is 3.25. The Hall–Kier alpha value is -3.60. The highest BCUT2D eigenvalue weighted by Crippen LogP contribution is 2.38. The molecule has 7 nitrogen and oxygen atoms in total. The lowest BCUT2D eigenvalue weighted by Gasteiger charge is -2.19. The summed E-state index contributed by atoms with van der Waals surface area (Å²) in [6.07, 6.45) is -3.58. The Labute approximate surface area is 188 Å². The maximum absolute atomic E-state index is 13.6. The van der Waals surface area contributed by atoms with E-state index in [-0.39, 0.29) is 0 Å². The number of pyridine rings is 1. The number of hydrogen-bond donors (Lipinski definition) is 1. The predicted molar refractivity (Wildman–Crippen MR) is 114 cm³/mol. The van der Waals surface area contributed by atoms with Crippen molar-refractivity contribution >= 4 is 15.9 Å². The van der Waals surface area contributed by atoms with E-state index in [1.165, 1.54) is 13.1 Å². The zero-order valence-electron chi connectivity index (χ0n) is 17.5. The van der Waals surface area contributed by atoms with Crippen LogP contribution in [0.3, 0.4) is 0 Å². The van der Waals surface area contributed by atoms with Crippen molar-refractivity contribution in [2.45, 2.75) is 19.2 Å². The SMILES string of the molecule is CC(Oc1ccc(C(=O)NS(C)(=O)=O)cc1C(F)(F)F)c1ccc(Oc2ccccc2)cn1. The molecule has 0 aliphatic carbocycles. The zero-order valence-corrected chi connectivity index (χ0v) is 18.3. The van der Waals surface area contributed by atoms with E-state index in [0.29, 0.717) is 23.3 Å². The van der Waals surface area contributed by atoms with Crippen LogP contribution in [0.1, 0.15) is 34.6 Å². The molecular formula is C22H19F3N2O5S. The second kappa shape index (κ2) is 9.49. The second-order valence-corrected chi connectivity index (χ2v) is 8.75. The fourth-order valence-electron chi connectivity index (χ4n) is 2.79. The van der Waals surface area contributed by atoms with Gasteiger partial charge in [-0.05, 0) is 49.4 Å². The number of benzene rings is 2. The molecular weight excluding hydrogens is 461 g/mol. The van der Waals surface area contributed by atoms with E-state index in [9.17, 15) is 26.4 Å². The Morgan fingerprint density at radius 2 is 1.73 bits per heavy atom. The smallest absolute Gasteiger partial charge is 0.419 e. The number of rotatable bonds is 7. The van der Waals surface area contributed by atoms with Crippen molar-refractivity contribution in [1.29, 1.82) is 0 Å². The average molecular weight is 480 g/mol. The third kappa shape index (κ3) is 6.69. The van der Waals surface area contributed by atoms with Crippen LogP contribution in [-0.2, 0) is 16.2 Å². The Morgan fingerprint density at radius 1 is 1.03 bits per heavy atom. The van der Waals surface area contributed by atoms with Crippen molar-refractivity contribution in [3.05, 3.63) is 83.7 Å². The summed E-state index contributed by atoms with van der Waals surface area (Å²) >= 11 is 0. The summed E-state index contributed by atoms with van der Waals surface area (Å²) in [7, 11) is -3.94. The molecule has 0 saturated heterocycles. The molecule has 1 heterocycles. The van der Waals surface area contributed by atoms with Gasteiger partial charge < -0.3 is 9.47 Å². The van der Waals surface area contributed by atoms with Crippen molar-refractivity contribution in [1.82, 2.24) is 9.71 Å². The molecule has 0 aliphatic rings. The van der Waals surface area contributed by atoms with Gasteiger partial charge in [-0.25, -0.2) is 13.1 Å². The van der Waals surface area contributed by atoms with Crippen LogP contribution in [0.2, 0.25) is 0 Å². The van der Waals surface area contributed by atoms with Gasteiger partial charge >= 0.3 is 6.18 Å². The number of nitrogens with one attached hydrogen (secondary N) is 1. The van der Waals surface area contributed by atoms with Crippen molar-refractivity contribution in [3.63, 3.8) is 0 Å². The van der Waals surface area contributed by atoms with Gasteiger partial charge in [-0.1, -0.05) is 18.2 Å². The molecule has 1 unspecified atom stereocenters. The highest BCUT2D eigenvalue weighted by Gasteiger charge is 2.36. The number of hydrogen-bond acceptors (Lipinski definition) is 6. The maximum Gasteiger partial charge on any atom is 0.419 e. The van der Waals surface area contributed by atoms with E-state index in [4.69, 9.17) is 9.47 Å². The summed E-state index contributed by atoms with van der Waals surface area (Å²) in [5, 5.41) is 0. The minimum Gasteiger partial charge on any atom is -0.484 e.